The maximum absolute atomic E-state index is 14.2. The first-order valence-corrected chi connectivity index (χ1v) is 13.2. The zero-order chi connectivity index (χ0) is 27.4. The number of ether oxygens (including phenoxy) is 3. The van der Waals surface area contributed by atoms with E-state index in [1.807, 2.05) is 36.4 Å². The van der Waals surface area contributed by atoms with Crippen molar-refractivity contribution >= 4 is 11.9 Å². The number of methoxy groups -OCH3 is 1. The van der Waals surface area contributed by atoms with E-state index in [0.29, 0.717) is 28.2 Å². The lowest BCUT2D eigenvalue weighted by molar-refractivity contribution is -0.160. The number of nitrogens with zero attached hydrogens (tertiary/aromatic N) is 1. The monoisotopic (exact) mass is 533 g/mol. The number of rotatable bonds is 9. The summed E-state index contributed by atoms with van der Waals surface area (Å²) in [5, 5.41) is 10.2. The molecule has 0 unspecified atom stereocenters. The molecule has 2 aliphatic rings. The van der Waals surface area contributed by atoms with Crippen LogP contribution in [0.1, 0.15) is 54.0 Å². The normalized spacial score (nSPS) is 17.9. The Morgan fingerprint density at radius 2 is 1.74 bits per heavy atom. The number of amides is 1. The second kappa shape index (κ2) is 11.9. The van der Waals surface area contributed by atoms with Gasteiger partial charge in [0.05, 0.1) is 13.2 Å². The van der Waals surface area contributed by atoms with E-state index < -0.39 is 23.9 Å². The topological polar surface area (TPSA) is 85.3 Å². The van der Waals surface area contributed by atoms with Crippen molar-refractivity contribution in [1.29, 1.82) is 0 Å². The van der Waals surface area contributed by atoms with E-state index in [0.717, 1.165) is 31.2 Å². The number of aliphatic carboxylic acids is 1. The molecule has 1 amide bonds. The fourth-order valence-electron chi connectivity index (χ4n) is 5.43. The Balaban J connectivity index is 1.46. The Bertz CT molecular complexity index is 1320. The van der Waals surface area contributed by atoms with E-state index in [1.165, 1.54) is 18.1 Å². The van der Waals surface area contributed by atoms with Gasteiger partial charge in [0.25, 0.3) is 5.91 Å². The molecule has 1 saturated carbocycles. The summed E-state index contributed by atoms with van der Waals surface area (Å²) in [4.78, 5) is 27.9. The Hall–Kier alpha value is -3.91. The molecule has 1 aliphatic carbocycles. The third kappa shape index (κ3) is 5.76. The summed E-state index contributed by atoms with van der Waals surface area (Å²) in [5.41, 5.74) is 2.45. The number of hydrogen-bond donors (Lipinski definition) is 1. The van der Waals surface area contributed by atoms with E-state index in [4.69, 9.17) is 14.2 Å². The summed E-state index contributed by atoms with van der Waals surface area (Å²) < 4.78 is 32.1. The molecule has 1 fully saturated rings. The Morgan fingerprint density at radius 3 is 2.44 bits per heavy atom. The van der Waals surface area contributed by atoms with Gasteiger partial charge in [0.1, 0.15) is 18.5 Å². The molecule has 2 atom stereocenters. The van der Waals surface area contributed by atoms with Gasteiger partial charge in [-0.05, 0) is 36.1 Å². The molecule has 204 valence electrons. The van der Waals surface area contributed by atoms with Gasteiger partial charge in [-0.1, -0.05) is 67.4 Å². The molecule has 3 aromatic rings. The molecule has 0 radical (unpaired) electrons. The van der Waals surface area contributed by atoms with E-state index in [-0.39, 0.29) is 31.6 Å². The smallest absolute Gasteiger partial charge is 0.326 e. The van der Waals surface area contributed by atoms with Crippen LogP contribution in [0.2, 0.25) is 0 Å². The molecule has 1 heterocycles. The first kappa shape index (κ1) is 26.7. The van der Waals surface area contributed by atoms with Crippen molar-refractivity contribution in [2.75, 3.05) is 7.11 Å². The summed E-state index contributed by atoms with van der Waals surface area (Å²) in [6.07, 6.45) is 2.94. The van der Waals surface area contributed by atoms with E-state index in [9.17, 15) is 19.1 Å². The second-order valence-corrected chi connectivity index (χ2v) is 9.97. The first-order chi connectivity index (χ1) is 19.0. The Morgan fingerprint density at radius 1 is 1.03 bits per heavy atom. The van der Waals surface area contributed by atoms with Crippen LogP contribution in [0, 0.1) is 5.82 Å². The molecule has 5 rings (SSSR count). The predicted molar refractivity (Wildman–Crippen MR) is 142 cm³/mol. The summed E-state index contributed by atoms with van der Waals surface area (Å²) in [6.45, 7) is 0.0216. The van der Waals surface area contributed by atoms with Gasteiger partial charge >= 0.3 is 5.97 Å². The SMILES string of the molecule is COc1ccc2c(c1OCc1ccccc1F)C[C@H](C(=O)O)N(C(=O)[C@@H](OC1CCCC1)c1ccccc1)C2. The number of carbonyl (C=O) groups is 2. The highest BCUT2D eigenvalue weighted by molar-refractivity contribution is 5.88. The van der Waals surface area contributed by atoms with Crippen LogP contribution in [0.25, 0.3) is 0 Å². The zero-order valence-corrected chi connectivity index (χ0v) is 21.8. The van der Waals surface area contributed by atoms with E-state index in [2.05, 4.69) is 0 Å². The van der Waals surface area contributed by atoms with E-state index >= 15 is 0 Å². The van der Waals surface area contributed by atoms with Crippen LogP contribution in [0.3, 0.4) is 0 Å². The van der Waals surface area contributed by atoms with Crippen LogP contribution < -0.4 is 9.47 Å². The maximum Gasteiger partial charge on any atom is 0.326 e. The molecular formula is C31H32FNO6. The van der Waals surface area contributed by atoms with Crippen LogP contribution >= 0.6 is 0 Å². The number of benzene rings is 3. The average molecular weight is 534 g/mol. The van der Waals surface area contributed by atoms with Gasteiger partial charge in [0, 0.05) is 24.1 Å². The third-order valence-corrected chi connectivity index (χ3v) is 7.51. The number of halogens is 1. The number of carboxylic acid groups (broad SMARTS) is 1. The minimum atomic E-state index is -1.13. The van der Waals surface area contributed by atoms with Crippen molar-refractivity contribution in [3.63, 3.8) is 0 Å². The minimum absolute atomic E-state index is 0.0190. The highest BCUT2D eigenvalue weighted by atomic mass is 19.1. The van der Waals surface area contributed by atoms with Gasteiger partial charge in [0.2, 0.25) is 0 Å². The van der Waals surface area contributed by atoms with Crippen molar-refractivity contribution in [2.24, 2.45) is 0 Å². The lowest BCUT2D eigenvalue weighted by Crippen LogP contribution is -2.50. The van der Waals surface area contributed by atoms with Crippen LogP contribution in [-0.2, 0) is 33.9 Å². The highest BCUT2D eigenvalue weighted by Gasteiger charge is 2.41. The largest absolute Gasteiger partial charge is 0.493 e. The number of hydrogen-bond acceptors (Lipinski definition) is 5. The Kier molecular flexibility index (Phi) is 8.12. The lowest BCUT2D eigenvalue weighted by atomic mass is 9.91. The van der Waals surface area contributed by atoms with Crippen molar-refractivity contribution in [3.05, 3.63) is 94.8 Å². The molecular weight excluding hydrogens is 501 g/mol. The Labute approximate surface area is 227 Å². The first-order valence-electron chi connectivity index (χ1n) is 13.2. The average Bonchev–Trinajstić information content (AvgIpc) is 3.48. The minimum Gasteiger partial charge on any atom is -0.493 e. The quantitative estimate of drug-likeness (QED) is 0.394. The van der Waals surface area contributed by atoms with Crippen LogP contribution in [0.5, 0.6) is 11.5 Å². The van der Waals surface area contributed by atoms with Gasteiger partial charge in [-0.15, -0.1) is 0 Å². The van der Waals surface area contributed by atoms with Crippen molar-refractivity contribution in [1.82, 2.24) is 4.90 Å². The van der Waals surface area contributed by atoms with Gasteiger partial charge in [-0.2, -0.15) is 0 Å². The zero-order valence-electron chi connectivity index (χ0n) is 21.8. The highest BCUT2D eigenvalue weighted by Crippen LogP contribution is 2.40. The number of carbonyl (C=O) groups excluding carboxylic acids is 1. The molecule has 7 nitrogen and oxygen atoms in total. The summed E-state index contributed by atoms with van der Waals surface area (Å²) >= 11 is 0. The fraction of sp³-hybridized carbons (Fsp3) is 0.355. The van der Waals surface area contributed by atoms with Gasteiger partial charge in [0.15, 0.2) is 17.6 Å². The summed E-state index contributed by atoms with van der Waals surface area (Å²) in [7, 11) is 1.50. The molecule has 0 bridgehead atoms. The van der Waals surface area contributed by atoms with Crippen LogP contribution in [-0.4, -0.2) is 41.1 Å². The molecule has 0 saturated heterocycles. The fourth-order valence-corrected chi connectivity index (χ4v) is 5.43. The molecule has 0 aromatic heterocycles. The van der Waals surface area contributed by atoms with Gasteiger partial charge in [-0.25, -0.2) is 9.18 Å². The van der Waals surface area contributed by atoms with Crippen LogP contribution in [0.15, 0.2) is 66.7 Å². The molecule has 1 N–H and O–H groups in total. The van der Waals surface area contributed by atoms with Gasteiger partial charge < -0.3 is 24.2 Å². The summed E-state index contributed by atoms with van der Waals surface area (Å²) in [6, 6.07) is 18.0. The molecule has 1 aliphatic heterocycles. The second-order valence-electron chi connectivity index (χ2n) is 9.97. The van der Waals surface area contributed by atoms with Gasteiger partial charge in [-0.3, -0.25) is 4.79 Å². The molecule has 39 heavy (non-hydrogen) atoms. The molecule has 3 aromatic carbocycles. The van der Waals surface area contributed by atoms with Crippen LogP contribution in [0.4, 0.5) is 4.39 Å². The standard InChI is InChI=1S/C31H32FNO6/c1-37-27-16-15-21-18-33(30(34)28(20-9-3-2-4-10-20)39-23-12-6-7-13-23)26(31(35)36)17-24(21)29(27)38-19-22-11-5-8-14-25(22)32/h2-5,8-11,14-16,23,26,28H,6-7,12-13,17-19H2,1H3,(H,35,36)/t26-,28+/m1/s1. The van der Waals surface area contributed by atoms with Crippen molar-refractivity contribution < 1.29 is 33.3 Å². The third-order valence-electron chi connectivity index (χ3n) is 7.51. The predicted octanol–water partition coefficient (Wildman–Crippen LogP) is 5.45. The summed E-state index contributed by atoms with van der Waals surface area (Å²) in [5.74, 6) is -1.12. The van der Waals surface area contributed by atoms with Crippen molar-refractivity contribution in [2.45, 2.75) is 63.5 Å². The number of carboxylic acids is 1. The molecule has 8 heteroatoms. The van der Waals surface area contributed by atoms with Crippen molar-refractivity contribution in [3.8, 4) is 11.5 Å². The lowest BCUT2D eigenvalue weighted by Gasteiger charge is -2.37. The maximum atomic E-state index is 14.2. The molecule has 0 spiro atoms. The number of fused-ring (bicyclic) bond motifs is 1. The van der Waals surface area contributed by atoms with E-state index in [1.54, 1.807) is 24.3 Å².